The summed E-state index contributed by atoms with van der Waals surface area (Å²) in [5, 5.41) is 0. The molecule has 1 saturated heterocycles. The predicted molar refractivity (Wildman–Crippen MR) is 95.6 cm³/mol. The molecule has 0 bridgehead atoms. The quantitative estimate of drug-likeness (QED) is 0.879. The molecule has 1 aromatic rings. The molecular weight excluding hydrogens is 322 g/mol. The van der Waals surface area contributed by atoms with Gasteiger partial charge in [0.05, 0.1) is 7.11 Å². The summed E-state index contributed by atoms with van der Waals surface area (Å²) in [5.74, 6) is 0.989. The summed E-state index contributed by atoms with van der Waals surface area (Å²) < 4.78 is 11.0. The van der Waals surface area contributed by atoms with Gasteiger partial charge in [0.15, 0.2) is 18.1 Å². The zero-order chi connectivity index (χ0) is 18.2. The Morgan fingerprint density at radius 3 is 2.56 bits per heavy atom. The van der Waals surface area contributed by atoms with E-state index in [4.69, 9.17) is 15.2 Å². The number of hydrogen-bond donors (Lipinski definition) is 1. The number of ether oxygens (including phenoxy) is 2. The maximum Gasteiger partial charge on any atom is 0.314 e. The fourth-order valence-electron chi connectivity index (χ4n) is 2.72. The Morgan fingerprint density at radius 2 is 1.88 bits per heavy atom. The van der Waals surface area contributed by atoms with Crippen LogP contribution in [0.2, 0.25) is 0 Å². The van der Waals surface area contributed by atoms with E-state index in [1.165, 1.54) is 0 Å². The van der Waals surface area contributed by atoms with Crippen LogP contribution < -0.4 is 15.2 Å². The number of methoxy groups -OCH3 is 1. The summed E-state index contributed by atoms with van der Waals surface area (Å²) in [5.41, 5.74) is 6.30. The molecule has 1 aliphatic heterocycles. The summed E-state index contributed by atoms with van der Waals surface area (Å²) in [6.45, 7) is 3.93. The highest BCUT2D eigenvalue weighted by atomic mass is 16.5. The summed E-state index contributed by atoms with van der Waals surface area (Å²) in [6.07, 6.45) is 4.60. The average molecular weight is 347 g/mol. The molecule has 7 nitrogen and oxygen atoms in total. The SMILES string of the molecule is CC=Cc1ccc(OCC(=O)N2CCCN(C(N)=O)CC2)c(OC)c1. The first-order valence-corrected chi connectivity index (χ1v) is 8.31. The highest BCUT2D eigenvalue weighted by molar-refractivity contribution is 5.78. The molecule has 25 heavy (non-hydrogen) atoms. The zero-order valence-electron chi connectivity index (χ0n) is 14.7. The van der Waals surface area contributed by atoms with Crippen molar-refractivity contribution in [2.45, 2.75) is 13.3 Å². The molecule has 0 radical (unpaired) electrons. The molecular formula is C18H25N3O4. The lowest BCUT2D eigenvalue weighted by atomic mass is 10.2. The van der Waals surface area contributed by atoms with Crippen LogP contribution in [0.1, 0.15) is 18.9 Å². The topological polar surface area (TPSA) is 85.1 Å². The Bertz CT molecular complexity index is 645. The van der Waals surface area contributed by atoms with Crippen LogP contribution in [0, 0.1) is 0 Å². The van der Waals surface area contributed by atoms with E-state index in [2.05, 4.69) is 0 Å². The molecule has 0 aromatic heterocycles. The number of primary amides is 1. The van der Waals surface area contributed by atoms with Gasteiger partial charge in [-0.05, 0) is 31.0 Å². The molecule has 7 heteroatoms. The van der Waals surface area contributed by atoms with E-state index in [0.29, 0.717) is 44.1 Å². The van der Waals surface area contributed by atoms with Gasteiger partial charge in [-0.1, -0.05) is 18.2 Å². The molecule has 2 rings (SSSR count). The van der Waals surface area contributed by atoms with Crippen LogP contribution in [-0.2, 0) is 4.79 Å². The lowest BCUT2D eigenvalue weighted by Gasteiger charge is -2.21. The third-order valence-corrected chi connectivity index (χ3v) is 4.06. The Hall–Kier alpha value is -2.70. The largest absolute Gasteiger partial charge is 0.493 e. The predicted octanol–water partition coefficient (Wildman–Crippen LogP) is 1.72. The Morgan fingerprint density at radius 1 is 1.16 bits per heavy atom. The van der Waals surface area contributed by atoms with E-state index in [0.717, 1.165) is 5.56 Å². The minimum absolute atomic E-state index is 0.0735. The molecule has 1 heterocycles. The van der Waals surface area contributed by atoms with Crippen molar-refractivity contribution in [3.8, 4) is 11.5 Å². The summed E-state index contributed by atoms with van der Waals surface area (Å²) in [7, 11) is 1.57. The maximum absolute atomic E-state index is 12.4. The van der Waals surface area contributed by atoms with Crippen LogP contribution in [0.5, 0.6) is 11.5 Å². The molecule has 1 aromatic carbocycles. The number of urea groups is 1. The van der Waals surface area contributed by atoms with E-state index in [1.54, 1.807) is 23.0 Å². The first kappa shape index (κ1) is 18.6. The van der Waals surface area contributed by atoms with Gasteiger partial charge in [0, 0.05) is 26.2 Å². The van der Waals surface area contributed by atoms with Crippen LogP contribution in [0.25, 0.3) is 6.08 Å². The first-order chi connectivity index (χ1) is 12.0. The molecule has 0 unspecified atom stereocenters. The standard InChI is InChI=1S/C18H25N3O4/c1-3-5-14-6-7-15(16(12-14)24-2)25-13-17(22)20-8-4-9-21(11-10-20)18(19)23/h3,5-7,12H,4,8-11,13H2,1-2H3,(H2,19,23). The second kappa shape index (κ2) is 8.96. The zero-order valence-corrected chi connectivity index (χ0v) is 14.7. The molecule has 0 aliphatic carbocycles. The van der Waals surface area contributed by atoms with Crippen LogP contribution in [-0.4, -0.2) is 61.6 Å². The molecule has 136 valence electrons. The van der Waals surface area contributed by atoms with Gasteiger partial charge in [-0.2, -0.15) is 0 Å². The summed E-state index contributed by atoms with van der Waals surface area (Å²) in [4.78, 5) is 26.9. The second-order valence-electron chi connectivity index (χ2n) is 5.76. The summed E-state index contributed by atoms with van der Waals surface area (Å²) >= 11 is 0. The Labute approximate surface area is 148 Å². The highest BCUT2D eigenvalue weighted by Crippen LogP contribution is 2.28. The minimum atomic E-state index is -0.448. The van der Waals surface area contributed by atoms with Gasteiger partial charge in [0.25, 0.3) is 5.91 Å². The smallest absolute Gasteiger partial charge is 0.314 e. The molecule has 0 spiro atoms. The Balaban J connectivity index is 1.94. The maximum atomic E-state index is 12.4. The lowest BCUT2D eigenvalue weighted by Crippen LogP contribution is -2.40. The number of hydrogen-bond acceptors (Lipinski definition) is 4. The number of nitrogens with two attached hydrogens (primary N) is 1. The van der Waals surface area contributed by atoms with Gasteiger partial charge in [-0.15, -0.1) is 0 Å². The molecule has 1 fully saturated rings. The molecule has 0 saturated carbocycles. The number of benzene rings is 1. The monoisotopic (exact) mass is 347 g/mol. The van der Waals surface area contributed by atoms with Crippen molar-refractivity contribution in [2.75, 3.05) is 39.9 Å². The van der Waals surface area contributed by atoms with E-state index >= 15 is 0 Å². The van der Waals surface area contributed by atoms with Gasteiger partial charge in [-0.3, -0.25) is 4.79 Å². The van der Waals surface area contributed by atoms with Gasteiger partial charge < -0.3 is 25.0 Å². The number of rotatable bonds is 5. The number of amides is 3. The lowest BCUT2D eigenvalue weighted by molar-refractivity contribution is -0.133. The third-order valence-electron chi connectivity index (χ3n) is 4.06. The Kier molecular flexibility index (Phi) is 6.68. The number of nitrogens with zero attached hydrogens (tertiary/aromatic N) is 2. The van der Waals surface area contributed by atoms with Crippen molar-refractivity contribution >= 4 is 18.0 Å². The fourth-order valence-corrected chi connectivity index (χ4v) is 2.72. The van der Waals surface area contributed by atoms with E-state index < -0.39 is 6.03 Å². The normalized spacial score (nSPS) is 15.1. The van der Waals surface area contributed by atoms with Crippen LogP contribution in [0.4, 0.5) is 4.79 Å². The molecule has 1 aliphatic rings. The van der Waals surface area contributed by atoms with Crippen LogP contribution in [0.3, 0.4) is 0 Å². The van der Waals surface area contributed by atoms with Crippen molar-refractivity contribution in [1.82, 2.24) is 9.80 Å². The van der Waals surface area contributed by atoms with E-state index in [1.807, 2.05) is 31.2 Å². The average Bonchev–Trinajstić information content (AvgIpc) is 2.86. The highest BCUT2D eigenvalue weighted by Gasteiger charge is 2.21. The molecule has 0 atom stereocenters. The van der Waals surface area contributed by atoms with Crippen LogP contribution >= 0.6 is 0 Å². The van der Waals surface area contributed by atoms with Gasteiger partial charge in [0.2, 0.25) is 0 Å². The van der Waals surface area contributed by atoms with Crippen molar-refractivity contribution in [1.29, 1.82) is 0 Å². The van der Waals surface area contributed by atoms with Crippen molar-refractivity contribution in [3.63, 3.8) is 0 Å². The molecule has 2 N–H and O–H groups in total. The second-order valence-corrected chi connectivity index (χ2v) is 5.76. The minimum Gasteiger partial charge on any atom is -0.493 e. The van der Waals surface area contributed by atoms with Gasteiger partial charge >= 0.3 is 6.03 Å². The number of carbonyl (C=O) groups excluding carboxylic acids is 2. The summed E-state index contributed by atoms with van der Waals surface area (Å²) in [6, 6.07) is 5.10. The van der Waals surface area contributed by atoms with Crippen LogP contribution in [0.15, 0.2) is 24.3 Å². The third kappa shape index (κ3) is 5.14. The van der Waals surface area contributed by atoms with Gasteiger partial charge in [0.1, 0.15) is 0 Å². The van der Waals surface area contributed by atoms with E-state index in [-0.39, 0.29) is 12.5 Å². The van der Waals surface area contributed by atoms with Crippen molar-refractivity contribution in [2.24, 2.45) is 5.73 Å². The van der Waals surface area contributed by atoms with E-state index in [9.17, 15) is 9.59 Å². The first-order valence-electron chi connectivity index (χ1n) is 8.31. The molecule has 3 amide bonds. The van der Waals surface area contributed by atoms with Crippen molar-refractivity contribution in [3.05, 3.63) is 29.8 Å². The number of allylic oxidation sites excluding steroid dienone is 1. The van der Waals surface area contributed by atoms with Gasteiger partial charge in [-0.25, -0.2) is 4.79 Å². The fraction of sp³-hybridized carbons (Fsp3) is 0.444. The van der Waals surface area contributed by atoms with Crippen molar-refractivity contribution < 1.29 is 19.1 Å². The number of carbonyl (C=O) groups is 2.